The first kappa shape index (κ1) is 18.5. The van der Waals surface area contributed by atoms with Crippen LogP contribution in [0.3, 0.4) is 0 Å². The van der Waals surface area contributed by atoms with Crippen molar-refractivity contribution in [1.29, 1.82) is 0 Å². The highest BCUT2D eigenvalue weighted by molar-refractivity contribution is 5.80. The number of aliphatic imine (C=N–C) groups is 1. The van der Waals surface area contributed by atoms with Crippen LogP contribution in [0.2, 0.25) is 0 Å². The molecule has 2 N–H and O–H groups in total. The van der Waals surface area contributed by atoms with Crippen LogP contribution in [0.15, 0.2) is 47.5 Å². The summed E-state index contributed by atoms with van der Waals surface area (Å²) >= 11 is 0. The Balaban J connectivity index is 1.76. The maximum Gasteiger partial charge on any atom is 0.191 e. The highest BCUT2D eigenvalue weighted by Gasteiger charge is 2.12. The molecule has 1 aliphatic rings. The van der Waals surface area contributed by atoms with Gasteiger partial charge < -0.3 is 10.6 Å². The number of nitrogens with one attached hydrogen (secondary N) is 2. The average molecular weight is 329 g/mol. The molecule has 1 aromatic carbocycles. The third kappa shape index (κ3) is 6.36. The molecule has 1 aromatic rings. The number of guanidine groups is 1. The molecule has 0 saturated carbocycles. The summed E-state index contributed by atoms with van der Waals surface area (Å²) in [7, 11) is 2.19. The van der Waals surface area contributed by atoms with Crippen molar-refractivity contribution in [3.05, 3.63) is 48.0 Å². The maximum atomic E-state index is 4.75. The Morgan fingerprint density at radius 1 is 1.25 bits per heavy atom. The molecule has 0 heterocycles. The maximum absolute atomic E-state index is 4.75. The van der Waals surface area contributed by atoms with E-state index < -0.39 is 0 Å². The second-order valence-electron chi connectivity index (χ2n) is 6.58. The van der Waals surface area contributed by atoms with E-state index in [-0.39, 0.29) is 0 Å². The molecule has 0 aliphatic heterocycles. The number of nitrogens with zero attached hydrogens (tertiary/aromatic N) is 2. The molecule has 2 rings (SSSR count). The lowest BCUT2D eigenvalue weighted by atomic mass is 10.1. The van der Waals surface area contributed by atoms with Gasteiger partial charge in [0.2, 0.25) is 0 Å². The summed E-state index contributed by atoms with van der Waals surface area (Å²) in [5, 5.41) is 6.87. The molecular formula is C20H32N4. The zero-order valence-electron chi connectivity index (χ0n) is 15.3. The van der Waals surface area contributed by atoms with Gasteiger partial charge in [0.05, 0.1) is 0 Å². The summed E-state index contributed by atoms with van der Waals surface area (Å²) in [5.41, 5.74) is 1.36. The molecule has 1 atom stereocenters. The van der Waals surface area contributed by atoms with Gasteiger partial charge in [-0.15, -0.1) is 0 Å². The topological polar surface area (TPSA) is 39.7 Å². The molecule has 0 fully saturated rings. The Morgan fingerprint density at radius 2 is 1.96 bits per heavy atom. The van der Waals surface area contributed by atoms with Crippen LogP contribution in [-0.2, 0) is 6.54 Å². The summed E-state index contributed by atoms with van der Waals surface area (Å²) in [6.45, 7) is 7.11. The van der Waals surface area contributed by atoms with E-state index in [0.29, 0.717) is 12.1 Å². The Hall–Kier alpha value is -1.81. The molecule has 0 radical (unpaired) electrons. The van der Waals surface area contributed by atoms with Gasteiger partial charge in [0.1, 0.15) is 0 Å². The minimum Gasteiger partial charge on any atom is -0.357 e. The zero-order chi connectivity index (χ0) is 17.2. The quantitative estimate of drug-likeness (QED) is 0.437. The number of hydrogen-bond acceptors (Lipinski definition) is 2. The third-order valence-corrected chi connectivity index (χ3v) is 4.54. The highest BCUT2D eigenvalue weighted by atomic mass is 15.2. The Labute approximate surface area is 147 Å². The van der Waals surface area contributed by atoms with Gasteiger partial charge in [0.15, 0.2) is 5.96 Å². The van der Waals surface area contributed by atoms with Gasteiger partial charge in [-0.05, 0) is 45.7 Å². The Morgan fingerprint density at radius 3 is 2.62 bits per heavy atom. The first-order valence-electron chi connectivity index (χ1n) is 9.13. The van der Waals surface area contributed by atoms with Gasteiger partial charge in [0, 0.05) is 31.7 Å². The molecule has 1 aliphatic carbocycles. The van der Waals surface area contributed by atoms with E-state index in [2.05, 4.69) is 78.9 Å². The lowest BCUT2D eigenvalue weighted by Gasteiger charge is -2.24. The van der Waals surface area contributed by atoms with Crippen molar-refractivity contribution < 1.29 is 0 Å². The summed E-state index contributed by atoms with van der Waals surface area (Å²) in [5.74, 6) is 0.948. The van der Waals surface area contributed by atoms with E-state index in [9.17, 15) is 0 Å². The Bertz CT molecular complexity index is 516. The van der Waals surface area contributed by atoms with Crippen LogP contribution in [0, 0.1) is 0 Å². The number of rotatable bonds is 8. The van der Waals surface area contributed by atoms with Crippen molar-refractivity contribution in [3.8, 4) is 0 Å². The lowest BCUT2D eigenvalue weighted by molar-refractivity contribution is 0.240. The molecule has 0 spiro atoms. The van der Waals surface area contributed by atoms with Crippen molar-refractivity contribution in [1.82, 2.24) is 15.5 Å². The highest BCUT2D eigenvalue weighted by Crippen LogP contribution is 2.10. The molecule has 0 bridgehead atoms. The van der Waals surface area contributed by atoms with Gasteiger partial charge in [-0.2, -0.15) is 0 Å². The van der Waals surface area contributed by atoms with Crippen LogP contribution >= 0.6 is 0 Å². The Kier molecular flexibility index (Phi) is 7.83. The molecule has 0 amide bonds. The van der Waals surface area contributed by atoms with Crippen molar-refractivity contribution >= 4 is 5.96 Å². The van der Waals surface area contributed by atoms with Crippen molar-refractivity contribution in [2.75, 3.05) is 20.1 Å². The molecule has 0 aromatic heterocycles. The van der Waals surface area contributed by atoms with Crippen LogP contribution < -0.4 is 10.6 Å². The van der Waals surface area contributed by atoms with Crippen LogP contribution in [0.5, 0.6) is 0 Å². The summed E-state index contributed by atoms with van der Waals surface area (Å²) in [6.07, 6.45) is 7.73. The second-order valence-corrected chi connectivity index (χ2v) is 6.58. The largest absolute Gasteiger partial charge is 0.357 e. The van der Waals surface area contributed by atoms with E-state index >= 15 is 0 Å². The smallest absolute Gasteiger partial charge is 0.191 e. The van der Waals surface area contributed by atoms with E-state index in [1.165, 1.54) is 5.56 Å². The van der Waals surface area contributed by atoms with Gasteiger partial charge >= 0.3 is 0 Å². The van der Waals surface area contributed by atoms with Gasteiger partial charge in [-0.1, -0.05) is 42.5 Å². The van der Waals surface area contributed by atoms with E-state index in [1.807, 2.05) is 0 Å². The SMILES string of the molecule is CCNC(=NCCC(C)N(C)Cc1ccccc1)NC1CC=CC1. The fraction of sp³-hybridized carbons (Fsp3) is 0.550. The van der Waals surface area contributed by atoms with Gasteiger partial charge in [0.25, 0.3) is 0 Å². The number of benzene rings is 1. The van der Waals surface area contributed by atoms with Crippen LogP contribution in [0.1, 0.15) is 38.7 Å². The van der Waals surface area contributed by atoms with Gasteiger partial charge in [-0.25, -0.2) is 0 Å². The summed E-state index contributed by atoms with van der Waals surface area (Å²) in [6, 6.07) is 11.6. The first-order valence-corrected chi connectivity index (χ1v) is 9.13. The predicted octanol–water partition coefficient (Wildman–Crippen LogP) is 3.17. The predicted molar refractivity (Wildman–Crippen MR) is 103 cm³/mol. The minimum atomic E-state index is 0.501. The fourth-order valence-corrected chi connectivity index (χ4v) is 2.86. The lowest BCUT2D eigenvalue weighted by Crippen LogP contribution is -2.42. The fourth-order valence-electron chi connectivity index (χ4n) is 2.86. The normalized spacial score (nSPS) is 16.6. The molecular weight excluding hydrogens is 296 g/mol. The third-order valence-electron chi connectivity index (χ3n) is 4.54. The van der Waals surface area contributed by atoms with Gasteiger partial charge in [-0.3, -0.25) is 9.89 Å². The van der Waals surface area contributed by atoms with E-state index in [0.717, 1.165) is 44.9 Å². The van der Waals surface area contributed by atoms with E-state index in [4.69, 9.17) is 4.99 Å². The van der Waals surface area contributed by atoms with Crippen molar-refractivity contribution in [2.45, 2.75) is 51.7 Å². The second kappa shape index (κ2) is 10.1. The molecule has 0 saturated heterocycles. The molecule has 4 heteroatoms. The first-order chi connectivity index (χ1) is 11.7. The summed E-state index contributed by atoms with van der Waals surface area (Å²) in [4.78, 5) is 7.14. The van der Waals surface area contributed by atoms with Crippen molar-refractivity contribution in [2.24, 2.45) is 4.99 Å². The van der Waals surface area contributed by atoms with Crippen LogP contribution in [-0.4, -0.2) is 43.1 Å². The molecule has 132 valence electrons. The molecule has 1 unspecified atom stereocenters. The zero-order valence-corrected chi connectivity index (χ0v) is 15.3. The minimum absolute atomic E-state index is 0.501. The van der Waals surface area contributed by atoms with Crippen molar-refractivity contribution in [3.63, 3.8) is 0 Å². The monoisotopic (exact) mass is 328 g/mol. The van der Waals surface area contributed by atoms with Crippen LogP contribution in [0.25, 0.3) is 0 Å². The van der Waals surface area contributed by atoms with Crippen LogP contribution in [0.4, 0.5) is 0 Å². The molecule has 4 nitrogen and oxygen atoms in total. The van der Waals surface area contributed by atoms with E-state index in [1.54, 1.807) is 0 Å². The standard InChI is InChI=1S/C20H32N4/c1-4-21-20(23-19-12-8-9-13-19)22-15-14-17(2)24(3)16-18-10-6-5-7-11-18/h5-11,17,19H,4,12-16H2,1-3H3,(H2,21,22,23). The molecule has 24 heavy (non-hydrogen) atoms. The average Bonchev–Trinajstić information content (AvgIpc) is 3.09. The summed E-state index contributed by atoms with van der Waals surface area (Å²) < 4.78 is 0. The number of hydrogen-bond donors (Lipinski definition) is 2.